The molecule has 0 aliphatic heterocycles. The van der Waals surface area contributed by atoms with E-state index in [4.69, 9.17) is 11.6 Å². The molecule has 4 aromatic rings. The van der Waals surface area contributed by atoms with E-state index in [1.54, 1.807) is 48.5 Å². The summed E-state index contributed by atoms with van der Waals surface area (Å²) < 4.78 is 29.4. The molecule has 9 heteroatoms. The average Bonchev–Trinajstić information content (AvgIpc) is 3.07. The van der Waals surface area contributed by atoms with Crippen molar-refractivity contribution in [2.45, 2.75) is 69.0 Å². The van der Waals surface area contributed by atoms with Gasteiger partial charge in [0.15, 0.2) is 0 Å². The number of carbonyl (C=O) groups excluding carboxylic acids is 2. The summed E-state index contributed by atoms with van der Waals surface area (Å²) in [6, 6.07) is 31.0. The molecule has 1 aliphatic rings. The Morgan fingerprint density at radius 2 is 1.50 bits per heavy atom. The van der Waals surface area contributed by atoms with Crippen molar-refractivity contribution in [2.24, 2.45) is 0 Å². The molecular weight excluding hydrogens is 618 g/mol. The first-order valence-electron chi connectivity index (χ1n) is 15.7. The molecule has 4 aromatic carbocycles. The molecule has 1 N–H and O–H groups in total. The number of nitrogens with zero attached hydrogens (tertiary/aromatic N) is 2. The van der Waals surface area contributed by atoms with E-state index in [9.17, 15) is 18.0 Å². The zero-order valence-corrected chi connectivity index (χ0v) is 27.6. The van der Waals surface area contributed by atoms with Crippen LogP contribution < -0.4 is 9.62 Å². The van der Waals surface area contributed by atoms with Crippen LogP contribution in [-0.2, 0) is 32.6 Å². The molecule has 0 aromatic heterocycles. The molecule has 0 heterocycles. The van der Waals surface area contributed by atoms with Crippen LogP contribution in [-0.4, -0.2) is 43.8 Å². The second kappa shape index (κ2) is 15.4. The Balaban J connectivity index is 1.56. The Bertz CT molecular complexity index is 1730. The monoisotopic (exact) mass is 657 g/mol. The van der Waals surface area contributed by atoms with E-state index >= 15 is 0 Å². The SMILES string of the molecule is Cc1cccc(N(CC(=O)N(Cc2ccccc2Cl)[C@@H](Cc2ccccc2)C(=O)NC2CCCCC2)S(=O)(=O)c2ccccc2)c1. The maximum absolute atomic E-state index is 14.6. The summed E-state index contributed by atoms with van der Waals surface area (Å²) in [6.07, 6.45) is 5.25. The van der Waals surface area contributed by atoms with Gasteiger partial charge >= 0.3 is 0 Å². The number of carbonyl (C=O) groups is 2. The Morgan fingerprint density at radius 3 is 2.17 bits per heavy atom. The van der Waals surface area contributed by atoms with Gasteiger partial charge in [0, 0.05) is 24.0 Å². The van der Waals surface area contributed by atoms with Gasteiger partial charge in [-0.05, 0) is 66.8 Å². The molecule has 2 amide bonds. The summed E-state index contributed by atoms with van der Waals surface area (Å²) in [5, 5.41) is 3.68. The summed E-state index contributed by atoms with van der Waals surface area (Å²) in [4.78, 5) is 30.4. The number of halogens is 1. The zero-order chi connectivity index (χ0) is 32.5. The lowest BCUT2D eigenvalue weighted by molar-refractivity contribution is -0.140. The van der Waals surface area contributed by atoms with Crippen LogP contribution in [0.3, 0.4) is 0 Å². The molecule has 0 saturated heterocycles. The Hall–Kier alpha value is -4.14. The standard InChI is InChI=1S/C37H40ClN3O4S/c1-28-14-13-20-32(24-28)41(46(44,45)33-21-9-4-10-22-33)27-36(42)40(26-30-17-11-12-23-34(30)38)35(25-29-15-5-2-6-16-29)37(43)39-31-18-7-3-8-19-31/h2,4-6,9-17,20-24,31,35H,3,7-8,18-19,25-27H2,1H3,(H,39,43)/t35-/m0/s1. The lowest BCUT2D eigenvalue weighted by atomic mass is 9.94. The first-order chi connectivity index (χ1) is 22.2. The lowest BCUT2D eigenvalue weighted by Gasteiger charge is -2.35. The molecule has 1 saturated carbocycles. The molecule has 0 unspecified atom stereocenters. The fourth-order valence-electron chi connectivity index (χ4n) is 5.94. The van der Waals surface area contributed by atoms with Crippen LogP contribution in [0.5, 0.6) is 0 Å². The minimum atomic E-state index is -4.15. The van der Waals surface area contributed by atoms with E-state index in [0.29, 0.717) is 16.3 Å². The van der Waals surface area contributed by atoms with Gasteiger partial charge in [0.1, 0.15) is 12.6 Å². The highest BCUT2D eigenvalue weighted by Gasteiger charge is 2.35. The highest BCUT2D eigenvalue weighted by Crippen LogP contribution is 2.27. The second-order valence-electron chi connectivity index (χ2n) is 11.8. The topological polar surface area (TPSA) is 86.8 Å². The fourth-order valence-corrected chi connectivity index (χ4v) is 7.56. The summed E-state index contributed by atoms with van der Waals surface area (Å²) in [7, 11) is -4.15. The number of hydrogen-bond donors (Lipinski definition) is 1. The maximum atomic E-state index is 14.6. The van der Waals surface area contributed by atoms with Crippen LogP contribution >= 0.6 is 11.6 Å². The highest BCUT2D eigenvalue weighted by atomic mass is 35.5. The molecule has 0 bridgehead atoms. The molecule has 240 valence electrons. The summed E-state index contributed by atoms with van der Waals surface area (Å²) in [6.45, 7) is 1.39. The van der Waals surface area contributed by atoms with E-state index in [2.05, 4.69) is 5.32 Å². The maximum Gasteiger partial charge on any atom is 0.264 e. The van der Waals surface area contributed by atoms with Crippen LogP contribution in [0.25, 0.3) is 0 Å². The van der Waals surface area contributed by atoms with Gasteiger partial charge in [-0.15, -0.1) is 0 Å². The number of aryl methyl sites for hydroxylation is 1. The molecule has 46 heavy (non-hydrogen) atoms. The molecule has 1 aliphatic carbocycles. The van der Waals surface area contributed by atoms with Crippen molar-refractivity contribution < 1.29 is 18.0 Å². The van der Waals surface area contributed by atoms with Gasteiger partial charge in [-0.2, -0.15) is 0 Å². The summed E-state index contributed by atoms with van der Waals surface area (Å²) in [5.41, 5.74) is 2.76. The zero-order valence-electron chi connectivity index (χ0n) is 26.0. The minimum Gasteiger partial charge on any atom is -0.352 e. The third-order valence-electron chi connectivity index (χ3n) is 8.42. The number of benzene rings is 4. The van der Waals surface area contributed by atoms with E-state index in [1.165, 1.54) is 17.0 Å². The Morgan fingerprint density at radius 1 is 0.848 bits per heavy atom. The normalized spacial score (nSPS) is 14.3. The van der Waals surface area contributed by atoms with Crippen molar-refractivity contribution >= 4 is 39.1 Å². The van der Waals surface area contributed by atoms with Crippen LogP contribution in [0.1, 0.15) is 48.8 Å². The van der Waals surface area contributed by atoms with Gasteiger partial charge < -0.3 is 10.2 Å². The molecule has 1 atom stereocenters. The van der Waals surface area contributed by atoms with Crippen LogP contribution in [0, 0.1) is 6.92 Å². The van der Waals surface area contributed by atoms with Gasteiger partial charge in [-0.25, -0.2) is 8.42 Å². The van der Waals surface area contributed by atoms with E-state index in [1.807, 2.05) is 55.5 Å². The van der Waals surface area contributed by atoms with Crippen molar-refractivity contribution in [3.05, 3.63) is 131 Å². The second-order valence-corrected chi connectivity index (χ2v) is 14.1. The van der Waals surface area contributed by atoms with Gasteiger partial charge in [0.25, 0.3) is 10.0 Å². The third-order valence-corrected chi connectivity index (χ3v) is 10.6. The number of rotatable bonds is 12. The van der Waals surface area contributed by atoms with Gasteiger partial charge in [-0.3, -0.25) is 13.9 Å². The summed E-state index contributed by atoms with van der Waals surface area (Å²) >= 11 is 6.60. The van der Waals surface area contributed by atoms with Gasteiger partial charge in [0.2, 0.25) is 11.8 Å². The van der Waals surface area contributed by atoms with Crippen molar-refractivity contribution in [3.63, 3.8) is 0 Å². The van der Waals surface area contributed by atoms with E-state index in [-0.39, 0.29) is 29.8 Å². The largest absolute Gasteiger partial charge is 0.352 e. The van der Waals surface area contributed by atoms with Crippen molar-refractivity contribution in [1.82, 2.24) is 10.2 Å². The van der Waals surface area contributed by atoms with Crippen LogP contribution in [0.2, 0.25) is 5.02 Å². The predicted octanol–water partition coefficient (Wildman–Crippen LogP) is 6.93. The van der Waals surface area contributed by atoms with E-state index in [0.717, 1.165) is 47.5 Å². The summed E-state index contributed by atoms with van der Waals surface area (Å²) in [5.74, 6) is -0.773. The lowest BCUT2D eigenvalue weighted by Crippen LogP contribution is -2.55. The molecule has 1 fully saturated rings. The highest BCUT2D eigenvalue weighted by molar-refractivity contribution is 7.92. The Labute approximate surface area is 277 Å². The number of nitrogens with one attached hydrogen (secondary N) is 1. The van der Waals surface area contributed by atoms with Crippen molar-refractivity contribution in [2.75, 3.05) is 10.8 Å². The minimum absolute atomic E-state index is 0.0269. The molecule has 0 radical (unpaired) electrons. The molecule has 7 nitrogen and oxygen atoms in total. The number of sulfonamides is 1. The molecule has 5 rings (SSSR count). The first kappa shape index (κ1) is 33.2. The van der Waals surface area contributed by atoms with Crippen LogP contribution in [0.4, 0.5) is 5.69 Å². The third kappa shape index (κ3) is 8.36. The smallest absolute Gasteiger partial charge is 0.264 e. The fraction of sp³-hybridized carbons (Fsp3) is 0.297. The average molecular weight is 658 g/mol. The van der Waals surface area contributed by atoms with E-state index < -0.39 is 28.5 Å². The van der Waals surface area contributed by atoms with Gasteiger partial charge in [-0.1, -0.05) is 110 Å². The predicted molar refractivity (Wildman–Crippen MR) is 183 cm³/mol. The first-order valence-corrected chi connectivity index (χ1v) is 17.6. The molecular formula is C37H40ClN3O4S. The number of amides is 2. The van der Waals surface area contributed by atoms with Gasteiger partial charge in [0.05, 0.1) is 10.6 Å². The number of hydrogen-bond acceptors (Lipinski definition) is 4. The Kier molecular flexibility index (Phi) is 11.1. The number of anilines is 1. The van der Waals surface area contributed by atoms with Crippen molar-refractivity contribution in [3.8, 4) is 0 Å². The quantitative estimate of drug-likeness (QED) is 0.179. The van der Waals surface area contributed by atoms with Crippen LogP contribution in [0.15, 0.2) is 114 Å². The van der Waals surface area contributed by atoms with Crippen molar-refractivity contribution in [1.29, 1.82) is 0 Å². The molecule has 0 spiro atoms.